The predicted molar refractivity (Wildman–Crippen MR) is 105 cm³/mol. The molecule has 6 heteroatoms. The molecule has 138 valence electrons. The van der Waals surface area contributed by atoms with Crippen LogP contribution in [0.1, 0.15) is 37.1 Å². The van der Waals surface area contributed by atoms with Crippen LogP contribution in [0.3, 0.4) is 0 Å². The van der Waals surface area contributed by atoms with Gasteiger partial charge in [-0.1, -0.05) is 25.1 Å². The summed E-state index contributed by atoms with van der Waals surface area (Å²) < 4.78 is 11.5. The molecule has 0 saturated heterocycles. The Balaban J connectivity index is 1.49. The van der Waals surface area contributed by atoms with Crippen molar-refractivity contribution in [2.45, 2.75) is 33.2 Å². The van der Waals surface area contributed by atoms with E-state index in [1.54, 1.807) is 12.1 Å². The summed E-state index contributed by atoms with van der Waals surface area (Å²) in [7, 11) is 0. The first kappa shape index (κ1) is 17.1. The largest absolute Gasteiger partial charge is 0.459 e. The van der Waals surface area contributed by atoms with E-state index in [0.29, 0.717) is 17.2 Å². The van der Waals surface area contributed by atoms with E-state index in [-0.39, 0.29) is 12.1 Å². The Morgan fingerprint density at radius 2 is 1.96 bits per heavy atom. The van der Waals surface area contributed by atoms with Crippen LogP contribution in [0.4, 0.5) is 10.5 Å². The number of anilines is 1. The Kier molecular flexibility index (Phi) is 4.32. The molecule has 0 saturated carbocycles. The minimum absolute atomic E-state index is 0.264. The molecule has 0 aliphatic carbocycles. The van der Waals surface area contributed by atoms with Crippen LogP contribution in [0, 0.1) is 6.92 Å². The zero-order chi connectivity index (χ0) is 19.0. The van der Waals surface area contributed by atoms with Crippen molar-refractivity contribution in [3.63, 3.8) is 0 Å². The molecule has 2 aromatic heterocycles. The summed E-state index contributed by atoms with van der Waals surface area (Å²) in [4.78, 5) is 16.8. The molecule has 4 aromatic rings. The van der Waals surface area contributed by atoms with Crippen molar-refractivity contribution in [1.29, 1.82) is 0 Å². The van der Waals surface area contributed by atoms with Crippen LogP contribution in [-0.4, -0.2) is 11.0 Å². The van der Waals surface area contributed by atoms with Gasteiger partial charge in [-0.05, 0) is 38.1 Å². The standard InChI is InChI=1S/C21H21N3O3/c1-4-19-24-16-11-14(9-10-18(16)26-19)23-21(25)22-13(3)20-12(2)15-7-5-6-8-17(15)27-20/h5-11,13H,4H2,1-3H3,(H2,22,23,25)/t13-/m1/s1. The summed E-state index contributed by atoms with van der Waals surface area (Å²) in [5.74, 6) is 1.44. The smallest absolute Gasteiger partial charge is 0.319 e. The van der Waals surface area contributed by atoms with E-state index >= 15 is 0 Å². The number of aromatic nitrogens is 1. The van der Waals surface area contributed by atoms with Gasteiger partial charge in [0.2, 0.25) is 0 Å². The molecule has 0 spiro atoms. The van der Waals surface area contributed by atoms with Gasteiger partial charge in [0.15, 0.2) is 11.5 Å². The summed E-state index contributed by atoms with van der Waals surface area (Å²) in [5.41, 5.74) is 3.95. The summed E-state index contributed by atoms with van der Waals surface area (Å²) >= 11 is 0. The van der Waals surface area contributed by atoms with Crippen LogP contribution >= 0.6 is 0 Å². The molecule has 0 aliphatic heterocycles. The van der Waals surface area contributed by atoms with Gasteiger partial charge in [-0.15, -0.1) is 0 Å². The highest BCUT2D eigenvalue weighted by atomic mass is 16.3. The number of amides is 2. The molecule has 0 radical (unpaired) electrons. The second kappa shape index (κ2) is 6.79. The molecule has 4 rings (SSSR count). The van der Waals surface area contributed by atoms with Gasteiger partial charge >= 0.3 is 6.03 Å². The highest BCUT2D eigenvalue weighted by molar-refractivity contribution is 5.92. The average molecular weight is 363 g/mol. The Labute approximate surface area is 156 Å². The van der Waals surface area contributed by atoms with E-state index in [1.807, 2.05) is 51.1 Å². The number of carbonyl (C=O) groups is 1. The molecule has 0 fully saturated rings. The van der Waals surface area contributed by atoms with Crippen molar-refractivity contribution in [1.82, 2.24) is 10.3 Å². The van der Waals surface area contributed by atoms with Gasteiger partial charge in [0.05, 0.1) is 6.04 Å². The Morgan fingerprint density at radius 3 is 2.74 bits per heavy atom. The average Bonchev–Trinajstić information content (AvgIpc) is 3.22. The van der Waals surface area contributed by atoms with Gasteiger partial charge in [-0.3, -0.25) is 0 Å². The van der Waals surface area contributed by atoms with E-state index < -0.39 is 0 Å². The first-order valence-corrected chi connectivity index (χ1v) is 9.00. The lowest BCUT2D eigenvalue weighted by molar-refractivity contribution is 0.248. The van der Waals surface area contributed by atoms with Gasteiger partial charge in [-0.25, -0.2) is 9.78 Å². The second-order valence-corrected chi connectivity index (χ2v) is 6.55. The topological polar surface area (TPSA) is 80.3 Å². The number of para-hydroxylation sites is 1. The molecule has 2 amide bonds. The number of fused-ring (bicyclic) bond motifs is 2. The van der Waals surface area contributed by atoms with Crippen LogP contribution in [0.25, 0.3) is 22.1 Å². The highest BCUT2D eigenvalue weighted by Gasteiger charge is 2.18. The normalized spacial score (nSPS) is 12.4. The Bertz CT molecular complexity index is 1130. The molecule has 6 nitrogen and oxygen atoms in total. The van der Waals surface area contributed by atoms with Gasteiger partial charge in [-0.2, -0.15) is 0 Å². The SMILES string of the molecule is CCc1nc2cc(NC(=O)N[C@H](C)c3oc4ccccc4c3C)ccc2o1. The number of furan rings is 1. The molecule has 2 aromatic carbocycles. The van der Waals surface area contributed by atoms with E-state index in [4.69, 9.17) is 8.83 Å². The van der Waals surface area contributed by atoms with Crippen molar-refractivity contribution in [3.05, 3.63) is 59.7 Å². The molecule has 2 heterocycles. The maximum absolute atomic E-state index is 12.4. The first-order valence-electron chi connectivity index (χ1n) is 9.00. The highest BCUT2D eigenvalue weighted by Crippen LogP contribution is 2.29. The molecule has 0 bridgehead atoms. The van der Waals surface area contributed by atoms with Crippen LogP contribution in [0.5, 0.6) is 0 Å². The minimum atomic E-state index is -0.305. The van der Waals surface area contributed by atoms with Crippen molar-refractivity contribution >= 4 is 33.8 Å². The van der Waals surface area contributed by atoms with Gasteiger partial charge in [0.1, 0.15) is 16.9 Å². The number of carbonyl (C=O) groups excluding carboxylic acids is 1. The second-order valence-electron chi connectivity index (χ2n) is 6.55. The molecule has 1 atom stereocenters. The molecule has 27 heavy (non-hydrogen) atoms. The van der Waals surface area contributed by atoms with Crippen molar-refractivity contribution < 1.29 is 13.6 Å². The fourth-order valence-electron chi connectivity index (χ4n) is 3.24. The number of oxazole rings is 1. The third kappa shape index (κ3) is 3.26. The summed E-state index contributed by atoms with van der Waals surface area (Å²) in [6.45, 7) is 5.89. The summed E-state index contributed by atoms with van der Waals surface area (Å²) in [6, 6.07) is 12.7. The molecular weight excluding hydrogens is 342 g/mol. The number of nitrogens with one attached hydrogen (secondary N) is 2. The Morgan fingerprint density at radius 1 is 1.15 bits per heavy atom. The zero-order valence-corrected chi connectivity index (χ0v) is 15.5. The van der Waals surface area contributed by atoms with Crippen molar-refractivity contribution in [2.75, 3.05) is 5.32 Å². The summed E-state index contributed by atoms with van der Waals surface area (Å²) in [5, 5.41) is 6.83. The number of nitrogens with zero attached hydrogens (tertiary/aromatic N) is 1. The maximum atomic E-state index is 12.4. The van der Waals surface area contributed by atoms with Crippen molar-refractivity contribution in [3.8, 4) is 0 Å². The van der Waals surface area contributed by atoms with Gasteiger partial charge in [0.25, 0.3) is 0 Å². The number of benzene rings is 2. The maximum Gasteiger partial charge on any atom is 0.319 e. The third-order valence-electron chi connectivity index (χ3n) is 4.61. The fraction of sp³-hybridized carbons (Fsp3) is 0.238. The van der Waals surface area contributed by atoms with Crippen LogP contribution < -0.4 is 10.6 Å². The lowest BCUT2D eigenvalue weighted by Gasteiger charge is -2.13. The quantitative estimate of drug-likeness (QED) is 0.514. The number of hydrogen-bond donors (Lipinski definition) is 2. The third-order valence-corrected chi connectivity index (χ3v) is 4.61. The van der Waals surface area contributed by atoms with Gasteiger partial charge < -0.3 is 19.5 Å². The monoisotopic (exact) mass is 363 g/mol. The Hall–Kier alpha value is -3.28. The molecule has 0 aliphatic rings. The van der Waals surface area contributed by atoms with E-state index in [9.17, 15) is 4.79 Å². The zero-order valence-electron chi connectivity index (χ0n) is 15.5. The van der Waals surface area contributed by atoms with Crippen LogP contribution in [0.2, 0.25) is 0 Å². The van der Waals surface area contributed by atoms with Crippen molar-refractivity contribution in [2.24, 2.45) is 0 Å². The van der Waals surface area contributed by atoms with Crippen LogP contribution in [0.15, 0.2) is 51.3 Å². The van der Waals surface area contributed by atoms with E-state index in [2.05, 4.69) is 15.6 Å². The summed E-state index contributed by atoms with van der Waals surface area (Å²) in [6.07, 6.45) is 0.728. The van der Waals surface area contributed by atoms with E-state index in [0.717, 1.165) is 34.2 Å². The molecular formula is C21H21N3O3. The lowest BCUT2D eigenvalue weighted by Crippen LogP contribution is -2.31. The first-order chi connectivity index (χ1) is 13.0. The predicted octanol–water partition coefficient (Wildman–Crippen LogP) is 5.33. The van der Waals surface area contributed by atoms with Gasteiger partial charge in [0, 0.05) is 23.1 Å². The number of hydrogen-bond acceptors (Lipinski definition) is 4. The minimum Gasteiger partial charge on any atom is -0.459 e. The fourth-order valence-corrected chi connectivity index (χ4v) is 3.24. The molecule has 2 N–H and O–H groups in total. The molecule has 0 unspecified atom stereocenters. The number of urea groups is 1. The number of rotatable bonds is 4. The lowest BCUT2D eigenvalue weighted by atomic mass is 10.1. The van der Waals surface area contributed by atoms with E-state index in [1.165, 1.54) is 0 Å². The van der Waals surface area contributed by atoms with Crippen LogP contribution in [-0.2, 0) is 6.42 Å². The number of aryl methyl sites for hydroxylation is 2.